The fourth-order valence-corrected chi connectivity index (χ4v) is 3.32. The number of benzene rings is 1. The van der Waals surface area contributed by atoms with E-state index in [1.165, 1.54) is 18.6 Å². The van der Waals surface area contributed by atoms with Gasteiger partial charge in [-0.15, -0.1) is 0 Å². The molecule has 3 rings (SSSR count). The lowest BCUT2D eigenvalue weighted by atomic mass is 9.83. The van der Waals surface area contributed by atoms with Crippen molar-refractivity contribution in [3.63, 3.8) is 0 Å². The maximum Gasteiger partial charge on any atom is 0.137 e. The SMILES string of the molecule is Cc1oc(-c2ccc(F)cc2F)cc1C(O)C1CCCCC1. The molecule has 1 saturated carbocycles. The van der Waals surface area contributed by atoms with Gasteiger partial charge in [0.15, 0.2) is 0 Å². The molecule has 22 heavy (non-hydrogen) atoms. The van der Waals surface area contributed by atoms with Crippen LogP contribution in [0.25, 0.3) is 11.3 Å². The Balaban J connectivity index is 1.89. The van der Waals surface area contributed by atoms with Crippen LogP contribution in [0, 0.1) is 24.5 Å². The first-order chi connectivity index (χ1) is 10.6. The minimum absolute atomic E-state index is 0.214. The van der Waals surface area contributed by atoms with Crippen LogP contribution in [-0.4, -0.2) is 5.11 Å². The highest BCUT2D eigenvalue weighted by Gasteiger charge is 2.27. The van der Waals surface area contributed by atoms with E-state index in [4.69, 9.17) is 4.42 Å². The van der Waals surface area contributed by atoms with Crippen molar-refractivity contribution in [3.05, 3.63) is 47.2 Å². The Labute approximate surface area is 128 Å². The Morgan fingerprint density at radius 1 is 1.14 bits per heavy atom. The molecule has 1 N–H and O–H groups in total. The van der Waals surface area contributed by atoms with Gasteiger partial charge in [0.05, 0.1) is 11.7 Å². The third-order valence-electron chi connectivity index (χ3n) is 4.57. The number of halogens is 2. The van der Waals surface area contributed by atoms with Crippen molar-refractivity contribution < 1.29 is 18.3 Å². The summed E-state index contributed by atoms with van der Waals surface area (Å²) in [6, 6.07) is 5.09. The van der Waals surface area contributed by atoms with E-state index in [2.05, 4.69) is 0 Å². The van der Waals surface area contributed by atoms with E-state index < -0.39 is 17.7 Å². The molecule has 0 spiro atoms. The topological polar surface area (TPSA) is 33.4 Å². The highest BCUT2D eigenvalue weighted by molar-refractivity contribution is 5.60. The lowest BCUT2D eigenvalue weighted by molar-refractivity contribution is 0.0835. The van der Waals surface area contributed by atoms with E-state index >= 15 is 0 Å². The summed E-state index contributed by atoms with van der Waals surface area (Å²) in [6.07, 6.45) is 4.93. The number of aliphatic hydroxyl groups excluding tert-OH is 1. The first-order valence-corrected chi connectivity index (χ1v) is 7.80. The van der Waals surface area contributed by atoms with Crippen LogP contribution in [-0.2, 0) is 0 Å². The van der Waals surface area contributed by atoms with Gasteiger partial charge >= 0.3 is 0 Å². The summed E-state index contributed by atoms with van der Waals surface area (Å²) < 4.78 is 32.5. The molecule has 0 amide bonds. The third kappa shape index (κ3) is 2.93. The van der Waals surface area contributed by atoms with E-state index in [9.17, 15) is 13.9 Å². The quantitative estimate of drug-likeness (QED) is 0.851. The molecule has 0 aliphatic heterocycles. The van der Waals surface area contributed by atoms with Crippen molar-refractivity contribution in [3.8, 4) is 11.3 Å². The van der Waals surface area contributed by atoms with E-state index in [1.807, 2.05) is 0 Å². The number of aryl methyl sites for hydroxylation is 1. The summed E-state index contributed by atoms with van der Waals surface area (Å²) in [5, 5.41) is 10.6. The normalized spacial score (nSPS) is 17.6. The minimum atomic E-state index is -0.660. The van der Waals surface area contributed by atoms with Gasteiger partial charge < -0.3 is 9.52 Å². The molecule has 4 heteroatoms. The fraction of sp³-hybridized carbons (Fsp3) is 0.444. The number of rotatable bonds is 3. The fourth-order valence-electron chi connectivity index (χ4n) is 3.32. The molecule has 1 unspecified atom stereocenters. The van der Waals surface area contributed by atoms with Gasteiger partial charge in [-0.1, -0.05) is 19.3 Å². The smallest absolute Gasteiger partial charge is 0.137 e. The van der Waals surface area contributed by atoms with E-state index in [0.717, 1.165) is 31.7 Å². The lowest BCUT2D eigenvalue weighted by Crippen LogP contribution is -2.16. The summed E-state index contributed by atoms with van der Waals surface area (Å²) in [5.74, 6) is -0.118. The van der Waals surface area contributed by atoms with Crippen molar-refractivity contribution in [1.29, 1.82) is 0 Å². The second kappa shape index (κ2) is 6.21. The van der Waals surface area contributed by atoms with Gasteiger partial charge in [-0.25, -0.2) is 8.78 Å². The van der Waals surface area contributed by atoms with Crippen molar-refractivity contribution in [1.82, 2.24) is 0 Å². The number of hydrogen-bond acceptors (Lipinski definition) is 2. The second-order valence-corrected chi connectivity index (χ2v) is 6.09. The zero-order chi connectivity index (χ0) is 15.7. The van der Waals surface area contributed by atoms with E-state index in [1.54, 1.807) is 13.0 Å². The Kier molecular flexibility index (Phi) is 4.30. The third-order valence-corrected chi connectivity index (χ3v) is 4.57. The molecule has 2 aromatic rings. The summed E-state index contributed by atoms with van der Waals surface area (Å²) in [4.78, 5) is 0. The predicted molar refractivity (Wildman–Crippen MR) is 80.3 cm³/mol. The number of aliphatic hydroxyl groups is 1. The van der Waals surface area contributed by atoms with Gasteiger partial charge in [0.2, 0.25) is 0 Å². The maximum absolute atomic E-state index is 13.9. The van der Waals surface area contributed by atoms with Crippen LogP contribution in [0.2, 0.25) is 0 Å². The molecule has 2 nitrogen and oxygen atoms in total. The van der Waals surface area contributed by atoms with E-state index in [0.29, 0.717) is 17.1 Å². The number of hydrogen-bond donors (Lipinski definition) is 1. The zero-order valence-corrected chi connectivity index (χ0v) is 12.6. The Morgan fingerprint density at radius 2 is 1.86 bits per heavy atom. The maximum atomic E-state index is 13.9. The molecule has 1 atom stereocenters. The van der Waals surface area contributed by atoms with E-state index in [-0.39, 0.29) is 11.5 Å². The predicted octanol–water partition coefficient (Wildman–Crippen LogP) is 5.15. The van der Waals surface area contributed by atoms with Gasteiger partial charge in [-0.2, -0.15) is 0 Å². The van der Waals surface area contributed by atoms with Crippen molar-refractivity contribution in [2.45, 2.75) is 45.1 Å². The minimum Gasteiger partial charge on any atom is -0.461 e. The molecule has 1 aliphatic rings. The number of furan rings is 1. The van der Waals surface area contributed by atoms with Crippen molar-refractivity contribution in [2.75, 3.05) is 0 Å². The molecule has 0 radical (unpaired) electrons. The summed E-state index contributed by atoms with van der Waals surface area (Å²) in [5.41, 5.74) is 0.928. The molecule has 0 saturated heterocycles. The molecule has 1 heterocycles. The van der Waals surface area contributed by atoms with Crippen molar-refractivity contribution >= 4 is 0 Å². The van der Waals surface area contributed by atoms with Crippen LogP contribution in [0.5, 0.6) is 0 Å². The van der Waals surface area contributed by atoms with Crippen LogP contribution < -0.4 is 0 Å². The van der Waals surface area contributed by atoms with Gasteiger partial charge in [-0.3, -0.25) is 0 Å². The Morgan fingerprint density at radius 3 is 2.55 bits per heavy atom. The van der Waals surface area contributed by atoms with Crippen LogP contribution >= 0.6 is 0 Å². The highest BCUT2D eigenvalue weighted by atomic mass is 19.1. The standard InChI is InChI=1S/C18H20F2O2/c1-11-15(18(21)12-5-3-2-4-6-12)10-17(22-11)14-8-7-13(19)9-16(14)20/h7-10,12,18,21H,2-6H2,1H3. The molecule has 1 aliphatic carbocycles. The zero-order valence-electron chi connectivity index (χ0n) is 12.6. The second-order valence-electron chi connectivity index (χ2n) is 6.09. The molecule has 1 aromatic heterocycles. The first kappa shape index (κ1) is 15.2. The monoisotopic (exact) mass is 306 g/mol. The molecule has 118 valence electrons. The van der Waals surface area contributed by atoms with Crippen LogP contribution in [0.4, 0.5) is 8.78 Å². The summed E-state index contributed by atoms with van der Waals surface area (Å²) in [6.45, 7) is 1.77. The summed E-state index contributed by atoms with van der Waals surface area (Å²) >= 11 is 0. The van der Waals surface area contributed by atoms with Crippen LogP contribution in [0.15, 0.2) is 28.7 Å². The van der Waals surface area contributed by atoms with Gasteiger partial charge in [0.25, 0.3) is 0 Å². The lowest BCUT2D eigenvalue weighted by Gasteiger charge is -2.26. The molecule has 1 aromatic carbocycles. The van der Waals surface area contributed by atoms with Crippen LogP contribution in [0.1, 0.15) is 49.5 Å². The molecular weight excluding hydrogens is 286 g/mol. The molecular formula is C18H20F2O2. The molecule has 1 fully saturated rings. The molecule has 0 bridgehead atoms. The first-order valence-electron chi connectivity index (χ1n) is 7.80. The van der Waals surface area contributed by atoms with Gasteiger partial charge in [0.1, 0.15) is 23.2 Å². The Bertz CT molecular complexity index is 657. The highest BCUT2D eigenvalue weighted by Crippen LogP contribution is 2.38. The average molecular weight is 306 g/mol. The van der Waals surface area contributed by atoms with Gasteiger partial charge in [-0.05, 0) is 43.9 Å². The largest absolute Gasteiger partial charge is 0.461 e. The summed E-state index contributed by atoms with van der Waals surface area (Å²) in [7, 11) is 0. The van der Waals surface area contributed by atoms with Gasteiger partial charge in [0, 0.05) is 11.6 Å². The van der Waals surface area contributed by atoms with Crippen molar-refractivity contribution in [2.24, 2.45) is 5.92 Å². The van der Waals surface area contributed by atoms with Crippen LogP contribution in [0.3, 0.4) is 0 Å². The average Bonchev–Trinajstić information content (AvgIpc) is 2.89. The Hall–Kier alpha value is -1.68.